The van der Waals surface area contributed by atoms with Gasteiger partial charge in [-0.2, -0.15) is 0 Å². The van der Waals surface area contributed by atoms with Crippen molar-refractivity contribution in [2.75, 3.05) is 13.2 Å². The fourth-order valence-corrected chi connectivity index (χ4v) is 3.20. The highest BCUT2D eigenvalue weighted by Crippen LogP contribution is 2.37. The minimum atomic E-state index is -0.506. The van der Waals surface area contributed by atoms with E-state index in [2.05, 4.69) is 15.5 Å². The predicted octanol–water partition coefficient (Wildman–Crippen LogP) is 1.00. The summed E-state index contributed by atoms with van der Waals surface area (Å²) in [6.45, 7) is 0.0748. The largest absolute Gasteiger partial charge is 0.481 e. The van der Waals surface area contributed by atoms with Crippen LogP contribution in [0.25, 0.3) is 0 Å². The van der Waals surface area contributed by atoms with E-state index >= 15 is 0 Å². The van der Waals surface area contributed by atoms with Gasteiger partial charge in [0, 0.05) is 25.4 Å². The molecule has 134 valence electrons. The maximum atomic E-state index is 13.4. The van der Waals surface area contributed by atoms with Gasteiger partial charge in [-0.05, 0) is 25.0 Å². The fourth-order valence-electron chi connectivity index (χ4n) is 3.20. The van der Waals surface area contributed by atoms with Crippen molar-refractivity contribution in [2.24, 2.45) is 13.0 Å². The monoisotopic (exact) mass is 348 g/mol. The Labute approximate surface area is 144 Å². The van der Waals surface area contributed by atoms with Crippen LogP contribution >= 0.6 is 0 Å². The SMILES string of the molecule is Cn1cnnc1[C@H]1C[C@H](CNC(=O)COc2ccccc2F)[C@H](O)C1. The van der Waals surface area contributed by atoms with Crippen LogP contribution in [0.2, 0.25) is 0 Å². The number of aliphatic hydroxyl groups is 1. The molecule has 1 amide bonds. The lowest BCUT2D eigenvalue weighted by atomic mass is 10.0. The lowest BCUT2D eigenvalue weighted by Gasteiger charge is -2.15. The van der Waals surface area contributed by atoms with Crippen molar-refractivity contribution in [3.63, 3.8) is 0 Å². The molecule has 0 radical (unpaired) electrons. The van der Waals surface area contributed by atoms with E-state index in [1.165, 1.54) is 12.1 Å². The summed E-state index contributed by atoms with van der Waals surface area (Å²) in [6.07, 6.45) is 2.45. The Kier molecular flexibility index (Phi) is 5.28. The molecule has 7 nitrogen and oxygen atoms in total. The van der Waals surface area contributed by atoms with E-state index in [4.69, 9.17) is 4.74 Å². The molecule has 1 heterocycles. The maximum Gasteiger partial charge on any atom is 0.257 e. The molecule has 25 heavy (non-hydrogen) atoms. The summed E-state index contributed by atoms with van der Waals surface area (Å²) in [5.74, 6) is 0.0976. The molecule has 0 bridgehead atoms. The summed E-state index contributed by atoms with van der Waals surface area (Å²) in [5, 5.41) is 20.9. The molecule has 0 saturated heterocycles. The molecule has 3 atom stereocenters. The molecular weight excluding hydrogens is 327 g/mol. The molecule has 8 heteroatoms. The van der Waals surface area contributed by atoms with Crippen LogP contribution in [0.4, 0.5) is 4.39 Å². The Morgan fingerprint density at radius 2 is 2.24 bits per heavy atom. The van der Waals surface area contributed by atoms with Gasteiger partial charge in [0.15, 0.2) is 18.2 Å². The summed E-state index contributed by atoms with van der Waals surface area (Å²) in [5.41, 5.74) is 0. The summed E-state index contributed by atoms with van der Waals surface area (Å²) in [4.78, 5) is 11.9. The van der Waals surface area contributed by atoms with Gasteiger partial charge < -0.3 is 19.7 Å². The maximum absolute atomic E-state index is 13.4. The second-order valence-corrected chi connectivity index (χ2v) is 6.32. The molecule has 0 spiro atoms. The molecular formula is C17H21FN4O3. The Bertz CT molecular complexity index is 736. The van der Waals surface area contributed by atoms with Crippen LogP contribution in [-0.2, 0) is 11.8 Å². The number of ether oxygens (including phenoxy) is 1. The number of nitrogens with zero attached hydrogens (tertiary/aromatic N) is 3. The van der Waals surface area contributed by atoms with E-state index in [0.717, 1.165) is 12.2 Å². The molecule has 3 rings (SSSR count). The van der Waals surface area contributed by atoms with E-state index in [9.17, 15) is 14.3 Å². The van der Waals surface area contributed by atoms with Crippen molar-refractivity contribution in [1.82, 2.24) is 20.1 Å². The van der Waals surface area contributed by atoms with Gasteiger partial charge in [-0.1, -0.05) is 12.1 Å². The standard InChI is InChI=1S/C17H21FN4O3/c1-22-10-20-21-17(22)11-6-12(14(23)7-11)8-19-16(24)9-25-15-5-3-2-4-13(15)18/h2-5,10-12,14,23H,6-9H2,1H3,(H,19,24)/t11-,12+,14+/m0/s1. The molecule has 1 aromatic heterocycles. The van der Waals surface area contributed by atoms with Crippen molar-refractivity contribution in [3.05, 3.63) is 42.2 Å². The molecule has 0 aliphatic heterocycles. The average molecular weight is 348 g/mol. The zero-order chi connectivity index (χ0) is 17.8. The quantitative estimate of drug-likeness (QED) is 0.813. The zero-order valence-corrected chi connectivity index (χ0v) is 13.9. The second kappa shape index (κ2) is 7.60. The number of aromatic nitrogens is 3. The van der Waals surface area contributed by atoms with E-state index < -0.39 is 11.9 Å². The third-order valence-corrected chi connectivity index (χ3v) is 4.53. The number of hydrogen-bond donors (Lipinski definition) is 2. The van der Waals surface area contributed by atoms with Crippen LogP contribution in [0.3, 0.4) is 0 Å². The lowest BCUT2D eigenvalue weighted by molar-refractivity contribution is -0.123. The van der Waals surface area contributed by atoms with Crippen LogP contribution < -0.4 is 10.1 Å². The van der Waals surface area contributed by atoms with Crippen LogP contribution in [0.1, 0.15) is 24.6 Å². The Hall–Kier alpha value is -2.48. The topological polar surface area (TPSA) is 89.3 Å². The van der Waals surface area contributed by atoms with Gasteiger partial charge in [0.2, 0.25) is 0 Å². The van der Waals surface area contributed by atoms with Gasteiger partial charge >= 0.3 is 0 Å². The normalized spacial score (nSPS) is 22.8. The van der Waals surface area contributed by atoms with Gasteiger partial charge in [-0.3, -0.25) is 4.79 Å². The molecule has 2 N–H and O–H groups in total. The number of para-hydroxylation sites is 1. The number of amides is 1. The number of carbonyl (C=O) groups excluding carboxylic acids is 1. The Morgan fingerprint density at radius 1 is 1.44 bits per heavy atom. The minimum Gasteiger partial charge on any atom is -0.481 e. The van der Waals surface area contributed by atoms with Gasteiger partial charge in [0.05, 0.1) is 6.10 Å². The highest BCUT2D eigenvalue weighted by molar-refractivity contribution is 5.77. The Balaban J connectivity index is 1.46. The molecule has 1 aliphatic carbocycles. The number of benzene rings is 1. The van der Waals surface area contributed by atoms with Crippen molar-refractivity contribution >= 4 is 5.91 Å². The molecule has 2 aromatic rings. The van der Waals surface area contributed by atoms with E-state index in [-0.39, 0.29) is 30.1 Å². The van der Waals surface area contributed by atoms with Gasteiger partial charge in [-0.15, -0.1) is 10.2 Å². The summed E-state index contributed by atoms with van der Waals surface area (Å²) >= 11 is 0. The van der Waals surface area contributed by atoms with Gasteiger partial charge in [0.25, 0.3) is 5.91 Å². The summed E-state index contributed by atoms with van der Waals surface area (Å²) in [7, 11) is 1.87. The van der Waals surface area contributed by atoms with Crippen LogP contribution in [0, 0.1) is 11.7 Å². The van der Waals surface area contributed by atoms with E-state index in [1.807, 2.05) is 11.6 Å². The number of aliphatic hydroxyl groups excluding tert-OH is 1. The van der Waals surface area contributed by atoms with E-state index in [0.29, 0.717) is 13.0 Å². The minimum absolute atomic E-state index is 0.0425. The first-order chi connectivity index (χ1) is 12.0. The number of carbonyl (C=O) groups is 1. The fraction of sp³-hybridized carbons (Fsp3) is 0.471. The number of rotatable bonds is 6. The zero-order valence-electron chi connectivity index (χ0n) is 13.9. The van der Waals surface area contributed by atoms with Crippen LogP contribution in [0.5, 0.6) is 5.75 Å². The number of aryl methyl sites for hydroxylation is 1. The highest BCUT2D eigenvalue weighted by atomic mass is 19.1. The molecule has 1 fully saturated rings. The third kappa shape index (κ3) is 4.14. The van der Waals surface area contributed by atoms with Crippen molar-refractivity contribution < 1.29 is 19.0 Å². The first kappa shape index (κ1) is 17.3. The Morgan fingerprint density at radius 3 is 2.96 bits per heavy atom. The lowest BCUT2D eigenvalue weighted by Crippen LogP contribution is -2.35. The van der Waals surface area contributed by atoms with Crippen LogP contribution in [-0.4, -0.2) is 45.0 Å². The number of nitrogens with one attached hydrogen (secondary N) is 1. The third-order valence-electron chi connectivity index (χ3n) is 4.53. The molecule has 0 unspecified atom stereocenters. The second-order valence-electron chi connectivity index (χ2n) is 6.32. The van der Waals surface area contributed by atoms with Gasteiger partial charge in [-0.25, -0.2) is 4.39 Å². The molecule has 1 aromatic carbocycles. The van der Waals surface area contributed by atoms with Crippen molar-refractivity contribution in [1.29, 1.82) is 0 Å². The van der Waals surface area contributed by atoms with Crippen molar-refractivity contribution in [2.45, 2.75) is 24.9 Å². The van der Waals surface area contributed by atoms with Gasteiger partial charge in [0.1, 0.15) is 12.2 Å². The highest BCUT2D eigenvalue weighted by Gasteiger charge is 2.35. The summed E-state index contributed by atoms with van der Waals surface area (Å²) in [6, 6.07) is 5.93. The number of hydrogen-bond acceptors (Lipinski definition) is 5. The first-order valence-corrected chi connectivity index (χ1v) is 8.20. The predicted molar refractivity (Wildman–Crippen MR) is 87.4 cm³/mol. The smallest absolute Gasteiger partial charge is 0.257 e. The number of halogens is 1. The average Bonchev–Trinajstić information content (AvgIpc) is 3.17. The first-order valence-electron chi connectivity index (χ1n) is 8.20. The molecule has 1 aliphatic rings. The van der Waals surface area contributed by atoms with E-state index in [1.54, 1.807) is 18.5 Å². The van der Waals surface area contributed by atoms with Crippen molar-refractivity contribution in [3.8, 4) is 5.75 Å². The summed E-state index contributed by atoms with van der Waals surface area (Å²) < 4.78 is 20.4. The molecule has 1 saturated carbocycles. The van der Waals surface area contributed by atoms with Crippen LogP contribution in [0.15, 0.2) is 30.6 Å².